The van der Waals surface area contributed by atoms with Gasteiger partial charge in [0.05, 0.1) is 6.54 Å². The number of ether oxygens (including phenoxy) is 1. The van der Waals surface area contributed by atoms with Gasteiger partial charge in [0.25, 0.3) is 0 Å². The Bertz CT molecular complexity index is 375. The van der Waals surface area contributed by atoms with Gasteiger partial charge in [-0.2, -0.15) is 0 Å². The van der Waals surface area contributed by atoms with Crippen molar-refractivity contribution < 1.29 is 19.4 Å². The second kappa shape index (κ2) is 5.59. The average molecular weight is 224 g/mol. The van der Waals surface area contributed by atoms with E-state index in [4.69, 9.17) is 15.6 Å². The molecule has 0 aliphatic carbocycles. The van der Waals surface area contributed by atoms with Gasteiger partial charge in [-0.05, 0) is 24.3 Å². The van der Waals surface area contributed by atoms with Gasteiger partial charge in [-0.25, -0.2) is 4.79 Å². The molecule has 0 unspecified atom stereocenters. The molecule has 0 saturated carbocycles. The molecule has 0 fully saturated rings. The highest BCUT2D eigenvalue weighted by Crippen LogP contribution is 2.11. The third-order valence-electron chi connectivity index (χ3n) is 1.79. The number of rotatable bonds is 5. The lowest BCUT2D eigenvalue weighted by Gasteiger charge is -2.06. The van der Waals surface area contributed by atoms with E-state index in [1.807, 2.05) is 0 Å². The van der Waals surface area contributed by atoms with Crippen LogP contribution in [0.2, 0.25) is 0 Å². The first-order valence-electron chi connectivity index (χ1n) is 4.59. The summed E-state index contributed by atoms with van der Waals surface area (Å²) < 4.78 is 5.21. The first-order valence-corrected chi connectivity index (χ1v) is 4.59. The molecule has 2 amide bonds. The lowest BCUT2D eigenvalue weighted by Crippen LogP contribution is -2.26. The summed E-state index contributed by atoms with van der Waals surface area (Å²) in [6.07, 6.45) is -1.09. The summed E-state index contributed by atoms with van der Waals surface area (Å²) in [7, 11) is 0. The van der Waals surface area contributed by atoms with Gasteiger partial charge < -0.3 is 20.9 Å². The van der Waals surface area contributed by atoms with Crippen molar-refractivity contribution in [3.63, 3.8) is 0 Å². The predicted molar refractivity (Wildman–Crippen MR) is 56.5 cm³/mol. The van der Waals surface area contributed by atoms with Crippen LogP contribution in [0.4, 0.5) is 4.79 Å². The van der Waals surface area contributed by atoms with Gasteiger partial charge in [0.1, 0.15) is 12.4 Å². The lowest BCUT2D eigenvalue weighted by molar-refractivity contribution is 0.1000. The van der Waals surface area contributed by atoms with E-state index in [1.54, 1.807) is 24.3 Å². The van der Waals surface area contributed by atoms with E-state index in [-0.39, 0.29) is 13.2 Å². The van der Waals surface area contributed by atoms with Gasteiger partial charge in [-0.3, -0.25) is 4.79 Å². The molecule has 6 nitrogen and oxygen atoms in total. The molecule has 1 aromatic rings. The van der Waals surface area contributed by atoms with Crippen molar-refractivity contribution in [2.75, 3.05) is 13.2 Å². The third kappa shape index (κ3) is 3.87. The number of carbonyl (C=O) groups excluding carboxylic acids is 1. The third-order valence-corrected chi connectivity index (χ3v) is 1.79. The second-order valence-corrected chi connectivity index (χ2v) is 2.97. The molecular weight excluding hydrogens is 212 g/mol. The highest BCUT2D eigenvalue weighted by atomic mass is 16.5. The van der Waals surface area contributed by atoms with Crippen molar-refractivity contribution in [1.82, 2.24) is 5.32 Å². The first-order chi connectivity index (χ1) is 7.59. The van der Waals surface area contributed by atoms with Gasteiger partial charge in [0, 0.05) is 5.56 Å². The largest absolute Gasteiger partial charge is 0.492 e. The van der Waals surface area contributed by atoms with Crippen LogP contribution in [-0.4, -0.2) is 30.3 Å². The van der Waals surface area contributed by atoms with Crippen molar-refractivity contribution >= 4 is 12.0 Å². The van der Waals surface area contributed by atoms with Crippen LogP contribution in [0.15, 0.2) is 24.3 Å². The van der Waals surface area contributed by atoms with Crippen molar-refractivity contribution in [2.45, 2.75) is 0 Å². The van der Waals surface area contributed by atoms with E-state index in [0.717, 1.165) is 0 Å². The molecule has 0 spiro atoms. The number of nitrogens with two attached hydrogens (primary N) is 1. The topological polar surface area (TPSA) is 102 Å². The minimum atomic E-state index is -1.09. The van der Waals surface area contributed by atoms with Crippen LogP contribution in [0, 0.1) is 0 Å². The highest BCUT2D eigenvalue weighted by Gasteiger charge is 2.00. The maximum atomic E-state index is 10.8. The van der Waals surface area contributed by atoms with Crippen LogP contribution >= 0.6 is 0 Å². The fourth-order valence-corrected chi connectivity index (χ4v) is 1.04. The first kappa shape index (κ1) is 11.8. The summed E-state index contributed by atoms with van der Waals surface area (Å²) in [5, 5.41) is 10.5. The Labute approximate surface area is 92.0 Å². The molecule has 1 rings (SSSR count). The number of nitrogens with one attached hydrogen (secondary N) is 1. The summed E-state index contributed by atoms with van der Waals surface area (Å²) in [5.41, 5.74) is 5.46. The normalized spacial score (nSPS) is 9.50. The Morgan fingerprint density at radius 2 is 1.94 bits per heavy atom. The fourth-order valence-electron chi connectivity index (χ4n) is 1.04. The molecule has 0 aromatic heterocycles. The van der Waals surface area contributed by atoms with E-state index in [2.05, 4.69) is 5.32 Å². The standard InChI is InChI=1S/C10H12N2O4/c11-9(13)7-1-3-8(4-2-7)16-6-5-12-10(14)15/h1-4,12H,5-6H2,(H2,11,13)(H,14,15). The zero-order valence-corrected chi connectivity index (χ0v) is 8.47. The summed E-state index contributed by atoms with van der Waals surface area (Å²) in [5.74, 6) is 0.0521. The molecule has 0 bridgehead atoms. The predicted octanol–water partition coefficient (Wildman–Crippen LogP) is 0.432. The van der Waals surface area contributed by atoms with Gasteiger partial charge in [-0.15, -0.1) is 0 Å². The molecule has 0 aliphatic rings. The van der Waals surface area contributed by atoms with E-state index < -0.39 is 12.0 Å². The Hall–Kier alpha value is -2.24. The van der Waals surface area contributed by atoms with Gasteiger partial charge >= 0.3 is 6.09 Å². The number of hydrogen-bond donors (Lipinski definition) is 3. The fraction of sp³-hybridized carbons (Fsp3) is 0.200. The summed E-state index contributed by atoms with van der Waals surface area (Å²) >= 11 is 0. The van der Waals surface area contributed by atoms with E-state index in [9.17, 15) is 9.59 Å². The van der Waals surface area contributed by atoms with Crippen LogP contribution in [0.5, 0.6) is 5.75 Å². The number of hydrogen-bond acceptors (Lipinski definition) is 3. The Kier molecular flexibility index (Phi) is 4.14. The number of amides is 2. The second-order valence-electron chi connectivity index (χ2n) is 2.97. The number of primary amides is 1. The number of benzene rings is 1. The molecule has 4 N–H and O–H groups in total. The summed E-state index contributed by atoms with van der Waals surface area (Å²) in [4.78, 5) is 20.9. The van der Waals surface area contributed by atoms with Crippen molar-refractivity contribution in [3.05, 3.63) is 29.8 Å². The van der Waals surface area contributed by atoms with Crippen LogP contribution in [0.1, 0.15) is 10.4 Å². The Morgan fingerprint density at radius 3 is 2.44 bits per heavy atom. The molecule has 0 atom stereocenters. The van der Waals surface area contributed by atoms with Crippen LogP contribution in [0.25, 0.3) is 0 Å². The minimum Gasteiger partial charge on any atom is -0.492 e. The van der Waals surface area contributed by atoms with E-state index in [0.29, 0.717) is 11.3 Å². The quantitative estimate of drug-likeness (QED) is 0.631. The van der Waals surface area contributed by atoms with Gasteiger partial charge in [0.2, 0.25) is 5.91 Å². The highest BCUT2D eigenvalue weighted by molar-refractivity contribution is 5.92. The molecule has 0 saturated heterocycles. The maximum Gasteiger partial charge on any atom is 0.404 e. The van der Waals surface area contributed by atoms with Crippen molar-refractivity contribution in [1.29, 1.82) is 0 Å². The van der Waals surface area contributed by atoms with E-state index in [1.165, 1.54) is 0 Å². The monoisotopic (exact) mass is 224 g/mol. The van der Waals surface area contributed by atoms with Crippen molar-refractivity contribution in [2.24, 2.45) is 5.73 Å². The van der Waals surface area contributed by atoms with Crippen LogP contribution in [-0.2, 0) is 0 Å². The molecular formula is C10H12N2O4. The van der Waals surface area contributed by atoms with E-state index >= 15 is 0 Å². The molecule has 16 heavy (non-hydrogen) atoms. The Balaban J connectivity index is 2.38. The summed E-state index contributed by atoms with van der Waals surface area (Å²) in [6.45, 7) is 0.426. The zero-order valence-electron chi connectivity index (χ0n) is 8.47. The molecule has 6 heteroatoms. The molecule has 1 aromatic carbocycles. The lowest BCUT2D eigenvalue weighted by atomic mass is 10.2. The molecule has 0 heterocycles. The van der Waals surface area contributed by atoms with Crippen LogP contribution < -0.4 is 15.8 Å². The molecule has 86 valence electrons. The number of carbonyl (C=O) groups is 2. The molecule has 0 radical (unpaired) electrons. The minimum absolute atomic E-state index is 0.201. The Morgan fingerprint density at radius 1 is 1.31 bits per heavy atom. The van der Waals surface area contributed by atoms with Gasteiger partial charge in [0.15, 0.2) is 0 Å². The summed E-state index contributed by atoms with van der Waals surface area (Å²) in [6, 6.07) is 6.28. The zero-order chi connectivity index (χ0) is 12.0. The van der Waals surface area contributed by atoms with Crippen LogP contribution in [0.3, 0.4) is 0 Å². The smallest absolute Gasteiger partial charge is 0.404 e. The maximum absolute atomic E-state index is 10.8. The number of carboxylic acid groups (broad SMARTS) is 1. The van der Waals surface area contributed by atoms with Gasteiger partial charge in [-0.1, -0.05) is 0 Å². The average Bonchev–Trinajstić information content (AvgIpc) is 2.25. The SMILES string of the molecule is NC(=O)c1ccc(OCCNC(=O)O)cc1. The molecule has 0 aliphatic heterocycles. The van der Waals surface area contributed by atoms with Crippen molar-refractivity contribution in [3.8, 4) is 5.75 Å².